The van der Waals surface area contributed by atoms with Gasteiger partial charge in [-0.15, -0.1) is 0 Å². The molecule has 0 bridgehead atoms. The third-order valence-electron chi connectivity index (χ3n) is 3.76. The summed E-state index contributed by atoms with van der Waals surface area (Å²) in [5.41, 5.74) is 2.16. The van der Waals surface area contributed by atoms with Crippen molar-refractivity contribution in [3.63, 3.8) is 0 Å². The predicted molar refractivity (Wildman–Crippen MR) is 90.5 cm³/mol. The Balaban J connectivity index is 1.96. The lowest BCUT2D eigenvalue weighted by Crippen LogP contribution is -2.04. The Kier molecular flexibility index (Phi) is 4.85. The van der Waals surface area contributed by atoms with E-state index in [4.69, 9.17) is 5.26 Å². The van der Waals surface area contributed by atoms with Crippen LogP contribution in [0.15, 0.2) is 61.2 Å². The highest BCUT2D eigenvalue weighted by molar-refractivity contribution is 5.81. The molecule has 2 aromatic carbocycles. The summed E-state index contributed by atoms with van der Waals surface area (Å²) in [5, 5.41) is 13.0. The van der Waals surface area contributed by atoms with Gasteiger partial charge in [-0.25, -0.2) is 9.67 Å². The fourth-order valence-corrected chi connectivity index (χ4v) is 2.44. The molecule has 0 saturated carbocycles. The zero-order valence-electron chi connectivity index (χ0n) is 13.5. The SMILES string of the molecule is N#Cc1ccc(C(=Cc2ccc(C(F)(F)F)cc2)Cn2cncn2)cc1. The molecule has 0 aliphatic rings. The van der Waals surface area contributed by atoms with Crippen molar-refractivity contribution in [1.82, 2.24) is 14.8 Å². The smallest absolute Gasteiger partial charge is 0.249 e. The molecule has 0 aliphatic heterocycles. The first kappa shape index (κ1) is 17.4. The second kappa shape index (κ2) is 7.23. The first-order valence-electron chi connectivity index (χ1n) is 7.66. The standard InChI is InChI=1S/C19H13F3N4/c20-19(21,22)18-7-3-14(4-8-18)9-17(11-26-13-24-12-25-26)16-5-1-15(10-23)2-6-16/h1-9,12-13H,11H2. The van der Waals surface area contributed by atoms with Crippen molar-refractivity contribution in [3.8, 4) is 6.07 Å². The highest BCUT2D eigenvalue weighted by Crippen LogP contribution is 2.30. The Labute approximate surface area is 147 Å². The van der Waals surface area contributed by atoms with Crippen LogP contribution in [0.3, 0.4) is 0 Å². The number of benzene rings is 2. The number of hydrogen-bond acceptors (Lipinski definition) is 3. The number of aromatic nitrogens is 3. The number of allylic oxidation sites excluding steroid dienone is 1. The fraction of sp³-hybridized carbons (Fsp3) is 0.105. The average Bonchev–Trinajstić information content (AvgIpc) is 3.14. The van der Waals surface area contributed by atoms with Gasteiger partial charge in [0.15, 0.2) is 0 Å². The monoisotopic (exact) mass is 354 g/mol. The van der Waals surface area contributed by atoms with Crippen molar-refractivity contribution < 1.29 is 13.2 Å². The van der Waals surface area contributed by atoms with Gasteiger partial charge >= 0.3 is 6.18 Å². The maximum atomic E-state index is 12.7. The van der Waals surface area contributed by atoms with Gasteiger partial charge in [0.05, 0.1) is 23.7 Å². The molecule has 3 rings (SSSR count). The summed E-state index contributed by atoms with van der Waals surface area (Å²) in [6.45, 7) is 0.396. The van der Waals surface area contributed by atoms with Crippen LogP contribution in [0.4, 0.5) is 13.2 Å². The second-order valence-electron chi connectivity index (χ2n) is 5.57. The number of nitriles is 1. The summed E-state index contributed by atoms with van der Waals surface area (Å²) < 4.78 is 39.7. The van der Waals surface area contributed by atoms with Crippen molar-refractivity contribution in [2.75, 3.05) is 0 Å². The topological polar surface area (TPSA) is 54.5 Å². The number of rotatable bonds is 4. The summed E-state index contributed by atoms with van der Waals surface area (Å²) in [5.74, 6) is 0. The molecule has 0 fully saturated rings. The zero-order valence-corrected chi connectivity index (χ0v) is 13.5. The third-order valence-corrected chi connectivity index (χ3v) is 3.76. The van der Waals surface area contributed by atoms with Crippen molar-refractivity contribution in [2.45, 2.75) is 12.7 Å². The van der Waals surface area contributed by atoms with Gasteiger partial charge < -0.3 is 0 Å². The largest absolute Gasteiger partial charge is 0.416 e. The maximum absolute atomic E-state index is 12.7. The molecule has 7 heteroatoms. The zero-order chi connectivity index (χ0) is 18.6. The first-order valence-corrected chi connectivity index (χ1v) is 7.66. The van der Waals surface area contributed by atoms with Crippen LogP contribution in [0.5, 0.6) is 0 Å². The van der Waals surface area contributed by atoms with Gasteiger partial charge in [0.2, 0.25) is 0 Å². The van der Waals surface area contributed by atoms with Gasteiger partial charge in [-0.3, -0.25) is 0 Å². The average molecular weight is 354 g/mol. The molecule has 3 aromatic rings. The number of hydrogen-bond donors (Lipinski definition) is 0. The Morgan fingerprint density at radius 1 is 1.08 bits per heavy atom. The number of alkyl halides is 3. The van der Waals surface area contributed by atoms with Crippen molar-refractivity contribution in [3.05, 3.63) is 83.4 Å². The molecule has 1 aromatic heterocycles. The van der Waals surface area contributed by atoms with Gasteiger partial charge in [0.25, 0.3) is 0 Å². The Bertz CT molecular complexity index is 932. The van der Waals surface area contributed by atoms with E-state index >= 15 is 0 Å². The van der Waals surface area contributed by atoms with E-state index in [1.54, 1.807) is 41.4 Å². The lowest BCUT2D eigenvalue weighted by atomic mass is 10.0. The Hall–Kier alpha value is -3.40. The van der Waals surface area contributed by atoms with Gasteiger partial charge in [0, 0.05) is 0 Å². The lowest BCUT2D eigenvalue weighted by Gasteiger charge is -2.10. The molecule has 0 N–H and O–H groups in total. The van der Waals surface area contributed by atoms with Crippen LogP contribution in [0, 0.1) is 11.3 Å². The van der Waals surface area contributed by atoms with Gasteiger partial charge in [-0.05, 0) is 47.0 Å². The van der Waals surface area contributed by atoms with Crippen molar-refractivity contribution in [2.24, 2.45) is 0 Å². The van der Waals surface area contributed by atoms with Crippen LogP contribution in [0.1, 0.15) is 22.3 Å². The molecular weight excluding hydrogens is 341 g/mol. The third kappa shape index (κ3) is 4.16. The van der Waals surface area contributed by atoms with E-state index in [-0.39, 0.29) is 0 Å². The molecule has 0 saturated heterocycles. The molecule has 0 spiro atoms. The van der Waals surface area contributed by atoms with Gasteiger partial charge in [0.1, 0.15) is 12.7 Å². The molecule has 130 valence electrons. The predicted octanol–water partition coefficient (Wildman–Crippen LogP) is 4.41. The van der Waals surface area contributed by atoms with Crippen molar-refractivity contribution in [1.29, 1.82) is 5.26 Å². The Morgan fingerprint density at radius 2 is 1.77 bits per heavy atom. The van der Waals surface area contributed by atoms with Crippen LogP contribution < -0.4 is 0 Å². The fourth-order valence-electron chi connectivity index (χ4n) is 2.44. The highest BCUT2D eigenvalue weighted by Gasteiger charge is 2.29. The molecule has 4 nitrogen and oxygen atoms in total. The van der Waals surface area contributed by atoms with E-state index in [9.17, 15) is 13.2 Å². The quantitative estimate of drug-likeness (QED) is 0.652. The molecule has 0 radical (unpaired) electrons. The summed E-state index contributed by atoms with van der Waals surface area (Å²) in [7, 11) is 0. The molecule has 0 aliphatic carbocycles. The van der Waals surface area contributed by atoms with Crippen molar-refractivity contribution >= 4 is 11.6 Å². The number of halogens is 3. The second-order valence-corrected chi connectivity index (χ2v) is 5.57. The lowest BCUT2D eigenvalue weighted by molar-refractivity contribution is -0.137. The molecule has 1 heterocycles. The van der Waals surface area contributed by atoms with Gasteiger partial charge in [-0.1, -0.05) is 24.3 Å². The summed E-state index contributed by atoms with van der Waals surface area (Å²) >= 11 is 0. The summed E-state index contributed by atoms with van der Waals surface area (Å²) in [4.78, 5) is 3.90. The molecule has 0 amide bonds. The normalized spacial score (nSPS) is 12.0. The van der Waals surface area contributed by atoms with Crippen LogP contribution in [0.25, 0.3) is 11.6 Å². The molecular formula is C19H13F3N4. The minimum absolute atomic E-state index is 0.396. The Morgan fingerprint density at radius 3 is 2.31 bits per heavy atom. The van der Waals surface area contributed by atoms with E-state index in [1.807, 2.05) is 0 Å². The minimum atomic E-state index is -4.36. The summed E-state index contributed by atoms with van der Waals surface area (Å²) in [6.07, 6.45) is 0.404. The highest BCUT2D eigenvalue weighted by atomic mass is 19.4. The van der Waals surface area contributed by atoms with Gasteiger partial charge in [-0.2, -0.15) is 23.5 Å². The van der Waals surface area contributed by atoms with Crippen LogP contribution in [-0.2, 0) is 12.7 Å². The molecule has 0 unspecified atom stereocenters. The van der Waals surface area contributed by atoms with E-state index in [2.05, 4.69) is 16.2 Å². The minimum Gasteiger partial charge on any atom is -0.249 e. The van der Waals surface area contributed by atoms with E-state index in [0.29, 0.717) is 17.7 Å². The molecule has 0 atom stereocenters. The maximum Gasteiger partial charge on any atom is 0.416 e. The van der Waals surface area contributed by atoms with E-state index in [0.717, 1.165) is 23.3 Å². The van der Waals surface area contributed by atoms with Crippen LogP contribution >= 0.6 is 0 Å². The van der Waals surface area contributed by atoms with E-state index in [1.165, 1.54) is 18.5 Å². The first-order chi connectivity index (χ1) is 12.5. The molecule has 26 heavy (non-hydrogen) atoms. The van der Waals surface area contributed by atoms with E-state index < -0.39 is 11.7 Å². The summed E-state index contributed by atoms with van der Waals surface area (Å²) in [6, 6.07) is 14.0. The number of nitrogens with zero attached hydrogens (tertiary/aromatic N) is 4. The van der Waals surface area contributed by atoms with Crippen LogP contribution in [0.2, 0.25) is 0 Å². The van der Waals surface area contributed by atoms with Crippen LogP contribution in [-0.4, -0.2) is 14.8 Å².